The number of aliphatic carboxylic acids is 1. The van der Waals surface area contributed by atoms with Crippen molar-refractivity contribution in [2.24, 2.45) is 0 Å². The zero-order valence-electron chi connectivity index (χ0n) is 8.26. The number of hydrogen-bond acceptors (Lipinski definition) is 4. The van der Waals surface area contributed by atoms with Gasteiger partial charge >= 0.3 is 11.9 Å². The molecule has 0 aliphatic carbocycles. The second kappa shape index (κ2) is 3.89. The van der Waals surface area contributed by atoms with Crippen molar-refractivity contribution >= 4 is 5.97 Å². The third-order valence-corrected chi connectivity index (χ3v) is 2.10. The average molecular weight is 240 g/mol. The van der Waals surface area contributed by atoms with Gasteiger partial charge in [0.2, 0.25) is 5.82 Å². The summed E-state index contributed by atoms with van der Waals surface area (Å²) in [5.74, 6) is -6.03. The smallest absolute Gasteiger partial charge is 0.379 e. The number of carboxylic acid groups (broad SMARTS) is 1. The summed E-state index contributed by atoms with van der Waals surface area (Å²) < 4.78 is 26.5. The van der Waals surface area contributed by atoms with E-state index >= 15 is 0 Å². The number of hydrogen-bond donors (Lipinski definition) is 2. The first-order chi connectivity index (χ1) is 8.01. The van der Waals surface area contributed by atoms with Gasteiger partial charge in [0.05, 0.1) is 0 Å². The van der Waals surface area contributed by atoms with Crippen molar-refractivity contribution in [2.45, 2.75) is 5.92 Å². The van der Waals surface area contributed by atoms with Gasteiger partial charge in [0.1, 0.15) is 0 Å². The van der Waals surface area contributed by atoms with Crippen LogP contribution in [-0.4, -0.2) is 31.7 Å². The molecule has 0 aliphatic rings. The number of rotatable bonds is 3. The number of alkyl halides is 2. The zero-order chi connectivity index (χ0) is 12.5. The molecule has 17 heavy (non-hydrogen) atoms. The van der Waals surface area contributed by atoms with Crippen LogP contribution in [0.1, 0.15) is 5.56 Å². The highest BCUT2D eigenvalue weighted by Gasteiger charge is 2.41. The Kier molecular flexibility index (Phi) is 2.54. The molecule has 88 valence electrons. The molecule has 0 unspecified atom stereocenters. The summed E-state index contributed by atoms with van der Waals surface area (Å²) in [6, 6.07) is 4.82. The second-order valence-corrected chi connectivity index (χ2v) is 3.20. The Bertz CT molecular complexity index is 542. The summed E-state index contributed by atoms with van der Waals surface area (Å²) in [6.45, 7) is 0. The van der Waals surface area contributed by atoms with Crippen molar-refractivity contribution in [3.63, 3.8) is 0 Å². The molecule has 0 spiro atoms. The summed E-state index contributed by atoms with van der Waals surface area (Å²) in [7, 11) is 0. The third kappa shape index (κ3) is 1.96. The summed E-state index contributed by atoms with van der Waals surface area (Å²) in [4.78, 5) is 10.4. The Morgan fingerprint density at radius 2 is 2.18 bits per heavy atom. The minimum Gasteiger partial charge on any atom is -0.477 e. The molecule has 0 saturated heterocycles. The van der Waals surface area contributed by atoms with E-state index in [1.54, 1.807) is 0 Å². The first-order valence-electron chi connectivity index (χ1n) is 4.47. The molecular weight excluding hydrogens is 234 g/mol. The highest BCUT2D eigenvalue weighted by atomic mass is 19.3. The van der Waals surface area contributed by atoms with Crippen molar-refractivity contribution in [1.82, 2.24) is 20.6 Å². The van der Waals surface area contributed by atoms with E-state index in [0.29, 0.717) is 0 Å². The molecule has 8 heteroatoms. The molecule has 0 bridgehead atoms. The fraction of sp³-hybridized carbons (Fsp3) is 0.111. The number of halogens is 2. The van der Waals surface area contributed by atoms with Crippen LogP contribution in [-0.2, 0) is 10.7 Å². The van der Waals surface area contributed by atoms with E-state index in [-0.39, 0.29) is 11.4 Å². The van der Waals surface area contributed by atoms with Crippen LogP contribution >= 0.6 is 0 Å². The summed E-state index contributed by atoms with van der Waals surface area (Å²) in [5, 5.41) is 21.1. The largest absolute Gasteiger partial charge is 0.477 e. The van der Waals surface area contributed by atoms with E-state index in [0.717, 1.165) is 12.1 Å². The minimum absolute atomic E-state index is 0.119. The van der Waals surface area contributed by atoms with Crippen molar-refractivity contribution in [1.29, 1.82) is 0 Å². The Balaban J connectivity index is 2.46. The van der Waals surface area contributed by atoms with Gasteiger partial charge in [-0.1, -0.05) is 18.2 Å². The quantitative estimate of drug-likeness (QED) is 0.836. The SMILES string of the molecule is O=C(O)C(F)(F)c1cccc(-c2nn[nH]n2)c1. The lowest BCUT2D eigenvalue weighted by Gasteiger charge is -2.11. The average Bonchev–Trinajstić information content (AvgIpc) is 2.82. The number of aromatic amines is 1. The molecule has 2 rings (SSSR count). The van der Waals surface area contributed by atoms with E-state index in [1.807, 2.05) is 0 Å². The van der Waals surface area contributed by atoms with Gasteiger partial charge in [-0.25, -0.2) is 4.79 Å². The molecule has 1 aromatic heterocycles. The van der Waals surface area contributed by atoms with Gasteiger partial charge in [-0.2, -0.15) is 14.0 Å². The van der Waals surface area contributed by atoms with Gasteiger partial charge in [-0.3, -0.25) is 0 Å². The maximum Gasteiger partial charge on any atom is 0.379 e. The van der Waals surface area contributed by atoms with E-state index in [1.165, 1.54) is 12.1 Å². The fourth-order valence-electron chi connectivity index (χ4n) is 1.26. The van der Waals surface area contributed by atoms with Gasteiger partial charge in [0.15, 0.2) is 0 Å². The third-order valence-electron chi connectivity index (χ3n) is 2.10. The number of benzene rings is 1. The van der Waals surface area contributed by atoms with E-state index in [4.69, 9.17) is 5.11 Å². The molecule has 0 aliphatic heterocycles. The molecule has 2 aromatic rings. The first-order valence-corrected chi connectivity index (χ1v) is 4.47. The number of aromatic nitrogens is 4. The van der Waals surface area contributed by atoms with Crippen LogP contribution in [0.25, 0.3) is 11.4 Å². The van der Waals surface area contributed by atoms with Crippen LogP contribution in [0.2, 0.25) is 0 Å². The molecule has 0 amide bonds. The number of tetrazole rings is 1. The van der Waals surface area contributed by atoms with Gasteiger partial charge in [-0.05, 0) is 11.3 Å². The molecule has 0 atom stereocenters. The van der Waals surface area contributed by atoms with Crippen LogP contribution in [0.15, 0.2) is 24.3 Å². The monoisotopic (exact) mass is 240 g/mol. The number of nitrogens with zero attached hydrogens (tertiary/aromatic N) is 3. The maximum atomic E-state index is 13.2. The van der Waals surface area contributed by atoms with Gasteiger partial charge < -0.3 is 5.11 Å². The number of H-pyrrole nitrogens is 1. The molecular formula is C9H6F2N4O2. The lowest BCUT2D eigenvalue weighted by atomic mass is 10.1. The Labute approximate surface area is 93.3 Å². The van der Waals surface area contributed by atoms with Crippen molar-refractivity contribution in [3.05, 3.63) is 29.8 Å². The Hall–Kier alpha value is -2.38. The van der Waals surface area contributed by atoms with E-state index < -0.39 is 17.5 Å². The van der Waals surface area contributed by atoms with E-state index in [2.05, 4.69) is 20.6 Å². The molecule has 2 N–H and O–H groups in total. The minimum atomic E-state index is -3.94. The molecule has 0 saturated carbocycles. The van der Waals surface area contributed by atoms with Crippen molar-refractivity contribution in [2.75, 3.05) is 0 Å². The number of nitrogens with one attached hydrogen (secondary N) is 1. The van der Waals surface area contributed by atoms with Gasteiger partial charge in [0, 0.05) is 11.1 Å². The molecule has 6 nitrogen and oxygen atoms in total. The van der Waals surface area contributed by atoms with Crippen LogP contribution < -0.4 is 0 Å². The normalized spacial score (nSPS) is 11.4. The predicted octanol–water partition coefficient (Wildman–Crippen LogP) is 1.04. The maximum absolute atomic E-state index is 13.2. The highest BCUT2D eigenvalue weighted by Crippen LogP contribution is 2.30. The number of carbonyl (C=O) groups is 1. The molecule has 0 radical (unpaired) electrons. The van der Waals surface area contributed by atoms with Crippen LogP contribution in [0, 0.1) is 0 Å². The Morgan fingerprint density at radius 1 is 1.41 bits per heavy atom. The lowest BCUT2D eigenvalue weighted by Crippen LogP contribution is -2.25. The second-order valence-electron chi connectivity index (χ2n) is 3.20. The summed E-state index contributed by atoms with van der Waals surface area (Å²) in [6.07, 6.45) is 0. The van der Waals surface area contributed by atoms with Crippen LogP contribution in [0.4, 0.5) is 8.78 Å². The van der Waals surface area contributed by atoms with Crippen LogP contribution in [0.3, 0.4) is 0 Å². The Morgan fingerprint density at radius 3 is 2.76 bits per heavy atom. The van der Waals surface area contributed by atoms with Crippen molar-refractivity contribution in [3.8, 4) is 11.4 Å². The summed E-state index contributed by atoms with van der Waals surface area (Å²) >= 11 is 0. The fourth-order valence-corrected chi connectivity index (χ4v) is 1.26. The standard InChI is InChI=1S/C9H6F2N4O2/c10-9(11,8(16)17)6-3-1-2-5(4-6)7-12-14-15-13-7/h1-4H,(H,16,17)(H,12,13,14,15). The van der Waals surface area contributed by atoms with Crippen molar-refractivity contribution < 1.29 is 18.7 Å². The number of carboxylic acids is 1. The lowest BCUT2D eigenvalue weighted by molar-refractivity contribution is -0.166. The molecule has 1 aromatic carbocycles. The zero-order valence-corrected chi connectivity index (χ0v) is 8.26. The topological polar surface area (TPSA) is 91.8 Å². The molecule has 0 fully saturated rings. The first kappa shape index (κ1) is 11.1. The van der Waals surface area contributed by atoms with Gasteiger partial charge in [-0.15, -0.1) is 10.2 Å². The highest BCUT2D eigenvalue weighted by molar-refractivity contribution is 5.78. The van der Waals surface area contributed by atoms with Gasteiger partial charge in [0.25, 0.3) is 0 Å². The predicted molar refractivity (Wildman–Crippen MR) is 51.1 cm³/mol. The van der Waals surface area contributed by atoms with E-state index in [9.17, 15) is 13.6 Å². The molecule has 1 heterocycles. The van der Waals surface area contributed by atoms with Crippen LogP contribution in [0.5, 0.6) is 0 Å². The summed E-state index contributed by atoms with van der Waals surface area (Å²) in [5.41, 5.74) is -0.371.